The molecule has 3 heterocycles. The van der Waals surface area contributed by atoms with Crippen LogP contribution in [-0.2, 0) is 13.1 Å². The number of hydrogen-bond acceptors (Lipinski definition) is 6. The molecule has 0 aliphatic carbocycles. The third kappa shape index (κ3) is 4.02. The van der Waals surface area contributed by atoms with E-state index in [2.05, 4.69) is 15.2 Å². The molecule has 0 unspecified atom stereocenters. The van der Waals surface area contributed by atoms with Gasteiger partial charge in [-0.3, -0.25) is 19.1 Å². The van der Waals surface area contributed by atoms with Gasteiger partial charge in [0.1, 0.15) is 23.5 Å². The second-order valence-corrected chi connectivity index (χ2v) is 6.67. The number of primary amides is 1. The molecule has 0 saturated carbocycles. The molecule has 0 spiro atoms. The summed E-state index contributed by atoms with van der Waals surface area (Å²) in [6.45, 7) is 0.827. The van der Waals surface area contributed by atoms with Gasteiger partial charge >= 0.3 is 0 Å². The minimum atomic E-state index is -0.572. The molecule has 9 nitrogen and oxygen atoms in total. The van der Waals surface area contributed by atoms with Crippen LogP contribution in [0.4, 0.5) is 0 Å². The number of benzene rings is 1. The topological polar surface area (TPSA) is 139 Å². The summed E-state index contributed by atoms with van der Waals surface area (Å²) in [5.74, 6) is -0.572. The molecule has 0 bridgehead atoms. The van der Waals surface area contributed by atoms with Crippen LogP contribution in [0.15, 0.2) is 60.9 Å². The van der Waals surface area contributed by atoms with Crippen LogP contribution in [0.3, 0.4) is 0 Å². The standard InChI is InChI=1S/C22H16N8O/c23-13-16-5-4-15(11-17(16)14-24)18-6-8-29(27-18)9-10-30-21(22(25)31)12-20(28-30)19-3-1-2-7-26-19/h1-8,11-12H,9-10H2,(H2,25,31). The number of hydrogen-bond donors (Lipinski definition) is 1. The van der Waals surface area contributed by atoms with E-state index in [0.717, 1.165) is 5.56 Å². The van der Waals surface area contributed by atoms with Crippen LogP contribution >= 0.6 is 0 Å². The highest BCUT2D eigenvalue weighted by Gasteiger charge is 2.15. The number of aromatic nitrogens is 5. The van der Waals surface area contributed by atoms with E-state index in [9.17, 15) is 10.1 Å². The predicted molar refractivity (Wildman–Crippen MR) is 111 cm³/mol. The average Bonchev–Trinajstić information content (AvgIpc) is 3.45. The Balaban J connectivity index is 1.54. The summed E-state index contributed by atoms with van der Waals surface area (Å²) in [6.07, 6.45) is 3.46. The van der Waals surface area contributed by atoms with Gasteiger partial charge in [-0.05, 0) is 36.4 Å². The summed E-state index contributed by atoms with van der Waals surface area (Å²) in [6, 6.07) is 17.9. The molecule has 4 aromatic rings. The van der Waals surface area contributed by atoms with Crippen molar-refractivity contribution in [2.24, 2.45) is 5.73 Å². The molecular formula is C22H16N8O. The van der Waals surface area contributed by atoms with Crippen molar-refractivity contribution in [1.29, 1.82) is 10.5 Å². The van der Waals surface area contributed by atoms with Crippen LogP contribution in [0, 0.1) is 22.7 Å². The number of nitriles is 2. The second kappa shape index (κ2) is 8.31. The quantitative estimate of drug-likeness (QED) is 0.519. The molecule has 2 N–H and O–H groups in total. The maximum absolute atomic E-state index is 11.8. The summed E-state index contributed by atoms with van der Waals surface area (Å²) in [4.78, 5) is 16.1. The fourth-order valence-electron chi connectivity index (χ4n) is 3.16. The van der Waals surface area contributed by atoms with E-state index in [4.69, 9.17) is 11.0 Å². The maximum atomic E-state index is 11.8. The lowest BCUT2D eigenvalue weighted by Gasteiger charge is -2.05. The first kappa shape index (κ1) is 19.6. The van der Waals surface area contributed by atoms with Crippen molar-refractivity contribution in [3.63, 3.8) is 0 Å². The molecule has 0 fully saturated rings. The first-order chi connectivity index (χ1) is 15.1. The lowest BCUT2D eigenvalue weighted by atomic mass is 10.0. The summed E-state index contributed by atoms with van der Waals surface area (Å²) in [5, 5.41) is 27.3. The van der Waals surface area contributed by atoms with Crippen molar-refractivity contribution in [3.05, 3.63) is 77.7 Å². The van der Waals surface area contributed by atoms with Gasteiger partial charge in [0.25, 0.3) is 5.91 Å². The lowest BCUT2D eigenvalue weighted by Crippen LogP contribution is -2.19. The van der Waals surface area contributed by atoms with E-state index in [1.165, 1.54) is 0 Å². The first-order valence-corrected chi connectivity index (χ1v) is 9.36. The van der Waals surface area contributed by atoms with Crippen LogP contribution in [0.25, 0.3) is 22.6 Å². The Morgan fingerprint density at radius 1 is 0.935 bits per heavy atom. The Labute approximate surface area is 177 Å². The molecule has 31 heavy (non-hydrogen) atoms. The molecule has 4 rings (SSSR count). The minimum absolute atomic E-state index is 0.291. The van der Waals surface area contributed by atoms with Gasteiger partial charge in [0.15, 0.2) is 0 Å². The Bertz CT molecular complexity index is 1340. The Morgan fingerprint density at radius 2 is 1.77 bits per heavy atom. The molecule has 1 amide bonds. The van der Waals surface area contributed by atoms with Crippen molar-refractivity contribution in [2.45, 2.75) is 13.1 Å². The Kier molecular flexibility index (Phi) is 5.24. The summed E-state index contributed by atoms with van der Waals surface area (Å²) in [5.41, 5.74) is 9.07. The van der Waals surface area contributed by atoms with Crippen LogP contribution in [-0.4, -0.2) is 30.5 Å². The lowest BCUT2D eigenvalue weighted by molar-refractivity contribution is 0.0989. The summed E-state index contributed by atoms with van der Waals surface area (Å²) in [7, 11) is 0. The van der Waals surface area contributed by atoms with Crippen molar-refractivity contribution in [2.75, 3.05) is 0 Å². The number of rotatable bonds is 6. The van der Waals surface area contributed by atoms with Crippen LogP contribution in [0.2, 0.25) is 0 Å². The van der Waals surface area contributed by atoms with Crippen molar-refractivity contribution in [1.82, 2.24) is 24.5 Å². The monoisotopic (exact) mass is 408 g/mol. The normalized spacial score (nSPS) is 10.4. The number of pyridine rings is 1. The third-order valence-corrected chi connectivity index (χ3v) is 4.70. The van der Waals surface area contributed by atoms with Gasteiger partial charge in [-0.2, -0.15) is 20.7 Å². The fraction of sp³-hybridized carbons (Fsp3) is 0.0909. The van der Waals surface area contributed by atoms with Gasteiger partial charge < -0.3 is 5.73 Å². The zero-order chi connectivity index (χ0) is 21.8. The highest BCUT2D eigenvalue weighted by molar-refractivity contribution is 5.92. The molecule has 3 aromatic heterocycles. The van der Waals surface area contributed by atoms with Gasteiger partial charge in [0, 0.05) is 18.0 Å². The first-order valence-electron chi connectivity index (χ1n) is 9.36. The fourth-order valence-corrected chi connectivity index (χ4v) is 3.16. The average molecular weight is 408 g/mol. The molecule has 0 aliphatic rings. The van der Waals surface area contributed by atoms with E-state index < -0.39 is 5.91 Å². The predicted octanol–water partition coefficient (Wildman–Crippen LogP) is 2.35. The van der Waals surface area contributed by atoms with Crippen LogP contribution in [0.5, 0.6) is 0 Å². The second-order valence-electron chi connectivity index (χ2n) is 6.67. The zero-order valence-corrected chi connectivity index (χ0v) is 16.3. The Morgan fingerprint density at radius 3 is 2.48 bits per heavy atom. The summed E-state index contributed by atoms with van der Waals surface area (Å²) < 4.78 is 3.26. The molecule has 1 aromatic carbocycles. The number of carbonyl (C=O) groups is 1. The van der Waals surface area contributed by atoms with Crippen molar-refractivity contribution in [3.8, 4) is 34.8 Å². The van der Waals surface area contributed by atoms with Gasteiger partial charge in [0.2, 0.25) is 0 Å². The highest BCUT2D eigenvalue weighted by atomic mass is 16.1. The third-order valence-electron chi connectivity index (χ3n) is 4.70. The van der Waals surface area contributed by atoms with E-state index >= 15 is 0 Å². The highest BCUT2D eigenvalue weighted by Crippen LogP contribution is 2.21. The van der Waals surface area contributed by atoms with E-state index in [0.29, 0.717) is 47.0 Å². The number of nitrogens with zero attached hydrogens (tertiary/aromatic N) is 7. The van der Waals surface area contributed by atoms with E-state index in [1.54, 1.807) is 52.1 Å². The number of carbonyl (C=O) groups excluding carboxylic acids is 1. The van der Waals surface area contributed by atoms with Crippen molar-refractivity contribution < 1.29 is 4.79 Å². The Hall–Kier alpha value is -4.76. The van der Waals surface area contributed by atoms with Crippen molar-refractivity contribution >= 4 is 5.91 Å². The number of amides is 1. The molecule has 150 valence electrons. The van der Waals surface area contributed by atoms with Gasteiger partial charge in [0.05, 0.1) is 35.6 Å². The largest absolute Gasteiger partial charge is 0.364 e. The van der Waals surface area contributed by atoms with Gasteiger partial charge in [-0.15, -0.1) is 0 Å². The van der Waals surface area contributed by atoms with Crippen LogP contribution < -0.4 is 5.73 Å². The zero-order valence-electron chi connectivity index (χ0n) is 16.3. The number of aryl methyl sites for hydroxylation is 2. The van der Waals surface area contributed by atoms with Gasteiger partial charge in [-0.1, -0.05) is 12.1 Å². The molecule has 0 radical (unpaired) electrons. The number of nitrogens with two attached hydrogens (primary N) is 1. The van der Waals surface area contributed by atoms with E-state index in [1.807, 2.05) is 30.3 Å². The molecular weight excluding hydrogens is 392 g/mol. The minimum Gasteiger partial charge on any atom is -0.364 e. The molecule has 0 saturated heterocycles. The van der Waals surface area contributed by atoms with Gasteiger partial charge in [-0.25, -0.2) is 0 Å². The molecule has 0 aliphatic heterocycles. The molecule has 9 heteroatoms. The smallest absolute Gasteiger partial charge is 0.266 e. The molecule has 0 atom stereocenters. The van der Waals surface area contributed by atoms with Crippen LogP contribution in [0.1, 0.15) is 21.6 Å². The summed E-state index contributed by atoms with van der Waals surface area (Å²) >= 11 is 0. The SMILES string of the molecule is N#Cc1ccc(-c2ccn(CCn3nc(-c4ccccn4)cc3C(N)=O)n2)cc1C#N. The maximum Gasteiger partial charge on any atom is 0.266 e. The van der Waals surface area contributed by atoms with E-state index in [-0.39, 0.29) is 0 Å².